The standard InChI is InChI=1S/C31H42N2O5/c1-18-24-14-23(31(24,3)4)15-25(18)32-30(37)28-27(19(2)35)26(17-34)38-33(28)16-20-9-8-12-22(13-20)29(36)21-10-6-5-7-11-21/h5-13,18-19,23-29,34-36H,14-17H2,1-4H3,(H,32,37)/t18-,19-,23+,24?,25-,26-,27+,28-,29-/m0/s1. The Bertz CT molecular complexity index is 1120. The molecule has 3 aliphatic carbocycles. The third kappa shape index (κ3) is 4.91. The van der Waals surface area contributed by atoms with Gasteiger partial charge in [-0.2, -0.15) is 5.06 Å². The first-order valence-electron chi connectivity index (χ1n) is 14.0. The van der Waals surface area contributed by atoms with Crippen molar-refractivity contribution in [3.8, 4) is 0 Å². The van der Waals surface area contributed by atoms with E-state index in [9.17, 15) is 20.1 Å². The number of rotatable bonds is 8. The van der Waals surface area contributed by atoms with Crippen molar-refractivity contribution in [3.63, 3.8) is 0 Å². The molecule has 4 N–H and O–H groups in total. The Labute approximate surface area is 225 Å². The Morgan fingerprint density at radius 3 is 2.45 bits per heavy atom. The number of nitrogens with one attached hydrogen (secondary N) is 1. The van der Waals surface area contributed by atoms with E-state index in [-0.39, 0.29) is 25.1 Å². The van der Waals surface area contributed by atoms with Gasteiger partial charge in [-0.1, -0.05) is 75.4 Å². The van der Waals surface area contributed by atoms with Crippen LogP contribution in [-0.2, 0) is 16.2 Å². The van der Waals surface area contributed by atoms with Crippen LogP contribution in [0.2, 0.25) is 0 Å². The van der Waals surface area contributed by atoms with Crippen LogP contribution in [0.4, 0.5) is 0 Å². The topological polar surface area (TPSA) is 102 Å². The number of aliphatic hydroxyl groups is 3. The molecule has 4 aliphatic rings. The molecule has 0 spiro atoms. The maximum Gasteiger partial charge on any atom is 0.240 e. The Balaban J connectivity index is 1.35. The molecular weight excluding hydrogens is 480 g/mol. The molecule has 6 rings (SSSR count). The highest BCUT2D eigenvalue weighted by molar-refractivity contribution is 5.82. The number of benzene rings is 2. The normalized spacial score (nSPS) is 33.8. The monoisotopic (exact) mass is 522 g/mol. The van der Waals surface area contributed by atoms with E-state index in [4.69, 9.17) is 4.84 Å². The third-order valence-corrected chi connectivity index (χ3v) is 9.78. The van der Waals surface area contributed by atoms with Gasteiger partial charge >= 0.3 is 0 Å². The van der Waals surface area contributed by atoms with E-state index in [1.165, 1.54) is 6.42 Å². The summed E-state index contributed by atoms with van der Waals surface area (Å²) in [5.41, 5.74) is 2.74. The first-order valence-corrected chi connectivity index (χ1v) is 14.0. The van der Waals surface area contributed by atoms with Crippen LogP contribution in [0.15, 0.2) is 54.6 Å². The molecule has 7 nitrogen and oxygen atoms in total. The van der Waals surface area contributed by atoms with E-state index in [2.05, 4.69) is 26.1 Å². The summed E-state index contributed by atoms with van der Waals surface area (Å²) >= 11 is 0. The van der Waals surface area contributed by atoms with Crippen LogP contribution in [0.3, 0.4) is 0 Å². The fourth-order valence-electron chi connectivity index (χ4n) is 7.35. The lowest BCUT2D eigenvalue weighted by Crippen LogP contribution is -2.62. The molecule has 2 aromatic rings. The van der Waals surface area contributed by atoms with Crippen molar-refractivity contribution in [2.75, 3.05) is 6.61 Å². The molecule has 1 amide bonds. The summed E-state index contributed by atoms with van der Waals surface area (Å²) in [7, 11) is 0. The molecule has 1 saturated heterocycles. The zero-order chi connectivity index (χ0) is 27.2. The van der Waals surface area contributed by atoms with Crippen molar-refractivity contribution in [3.05, 3.63) is 71.3 Å². The van der Waals surface area contributed by atoms with Crippen molar-refractivity contribution < 1.29 is 25.0 Å². The van der Waals surface area contributed by atoms with E-state index in [1.807, 2.05) is 54.6 Å². The number of hydrogen-bond acceptors (Lipinski definition) is 6. The molecule has 38 heavy (non-hydrogen) atoms. The van der Waals surface area contributed by atoms with E-state index in [1.54, 1.807) is 12.0 Å². The Kier molecular flexibility index (Phi) is 7.68. The van der Waals surface area contributed by atoms with Gasteiger partial charge in [-0.15, -0.1) is 0 Å². The van der Waals surface area contributed by atoms with Crippen molar-refractivity contribution >= 4 is 5.91 Å². The summed E-state index contributed by atoms with van der Waals surface area (Å²) in [4.78, 5) is 19.9. The molecule has 206 valence electrons. The maximum absolute atomic E-state index is 13.8. The summed E-state index contributed by atoms with van der Waals surface area (Å²) in [5, 5.41) is 36.5. The van der Waals surface area contributed by atoms with Gasteiger partial charge in [-0.3, -0.25) is 9.63 Å². The van der Waals surface area contributed by atoms with Gasteiger partial charge in [-0.05, 0) is 59.6 Å². The van der Waals surface area contributed by atoms with Gasteiger partial charge in [0.25, 0.3) is 0 Å². The molecule has 1 heterocycles. The smallest absolute Gasteiger partial charge is 0.240 e. The molecule has 2 bridgehead atoms. The largest absolute Gasteiger partial charge is 0.394 e. The highest BCUT2D eigenvalue weighted by Crippen LogP contribution is 2.61. The lowest BCUT2D eigenvalue weighted by Gasteiger charge is -2.62. The molecule has 9 atom stereocenters. The Hall–Kier alpha value is -2.29. The second-order valence-corrected chi connectivity index (χ2v) is 12.3. The molecule has 1 unspecified atom stereocenters. The second kappa shape index (κ2) is 10.7. The number of nitrogens with zero attached hydrogens (tertiary/aromatic N) is 1. The molecule has 7 heteroatoms. The van der Waals surface area contributed by atoms with Crippen LogP contribution in [-0.4, -0.2) is 57.2 Å². The van der Waals surface area contributed by atoms with Gasteiger partial charge < -0.3 is 20.6 Å². The minimum Gasteiger partial charge on any atom is -0.394 e. The summed E-state index contributed by atoms with van der Waals surface area (Å²) in [6.45, 7) is 8.56. The summed E-state index contributed by atoms with van der Waals surface area (Å²) in [6, 6.07) is 16.4. The van der Waals surface area contributed by atoms with Crippen molar-refractivity contribution in [2.24, 2.45) is 29.1 Å². The average Bonchev–Trinajstić information content (AvgIpc) is 3.28. The Morgan fingerprint density at radius 1 is 1.11 bits per heavy atom. The first kappa shape index (κ1) is 27.3. The SMILES string of the molecule is C[C@H](O)[C@@H]1[C@H](CO)ON(Cc2cccc([C@@H](O)c3ccccc3)c2)[C@@H]1C(=O)N[C@H]1C[C@H]2CC([C@@H]1C)C2(C)C. The highest BCUT2D eigenvalue weighted by atomic mass is 16.7. The lowest BCUT2D eigenvalue weighted by molar-refractivity contribution is -0.183. The van der Waals surface area contributed by atoms with Gasteiger partial charge in [-0.25, -0.2) is 0 Å². The van der Waals surface area contributed by atoms with Crippen LogP contribution in [0.25, 0.3) is 0 Å². The van der Waals surface area contributed by atoms with Crippen LogP contribution < -0.4 is 5.32 Å². The predicted octanol–water partition coefficient (Wildman–Crippen LogP) is 3.43. The van der Waals surface area contributed by atoms with Crippen molar-refractivity contribution in [2.45, 2.75) is 77.5 Å². The van der Waals surface area contributed by atoms with Crippen molar-refractivity contribution in [1.29, 1.82) is 0 Å². The van der Waals surface area contributed by atoms with Crippen LogP contribution >= 0.6 is 0 Å². The molecule has 2 aromatic carbocycles. The maximum atomic E-state index is 13.8. The molecular formula is C31H42N2O5. The minimum atomic E-state index is -0.838. The fraction of sp³-hybridized carbons (Fsp3) is 0.581. The Morgan fingerprint density at radius 2 is 1.82 bits per heavy atom. The summed E-state index contributed by atoms with van der Waals surface area (Å²) in [6.07, 6.45) is -0.0942. The molecule has 0 aromatic heterocycles. The van der Waals surface area contributed by atoms with Gasteiger partial charge in [0.1, 0.15) is 18.2 Å². The summed E-state index contributed by atoms with van der Waals surface area (Å²) in [5.74, 6) is 0.858. The van der Waals surface area contributed by atoms with Crippen LogP contribution in [0, 0.1) is 29.1 Å². The zero-order valence-electron chi connectivity index (χ0n) is 22.8. The number of carbonyl (C=O) groups is 1. The fourth-order valence-corrected chi connectivity index (χ4v) is 7.35. The predicted molar refractivity (Wildman–Crippen MR) is 144 cm³/mol. The van der Waals surface area contributed by atoms with Crippen LogP contribution in [0.1, 0.15) is 63.3 Å². The van der Waals surface area contributed by atoms with Gasteiger partial charge in [0.15, 0.2) is 0 Å². The molecule has 4 fully saturated rings. The van der Waals surface area contributed by atoms with E-state index >= 15 is 0 Å². The van der Waals surface area contributed by atoms with E-state index in [0.717, 1.165) is 23.1 Å². The summed E-state index contributed by atoms with van der Waals surface area (Å²) < 4.78 is 0. The minimum absolute atomic E-state index is 0.0910. The second-order valence-electron chi connectivity index (χ2n) is 12.3. The van der Waals surface area contributed by atoms with Gasteiger partial charge in [0.2, 0.25) is 5.91 Å². The quantitative estimate of drug-likeness (QED) is 0.424. The molecule has 3 saturated carbocycles. The first-order chi connectivity index (χ1) is 18.1. The van der Waals surface area contributed by atoms with E-state index < -0.39 is 30.3 Å². The number of aliphatic hydroxyl groups excluding tert-OH is 3. The van der Waals surface area contributed by atoms with E-state index in [0.29, 0.717) is 23.2 Å². The number of hydrogen-bond donors (Lipinski definition) is 4. The highest BCUT2D eigenvalue weighted by Gasteiger charge is 2.57. The zero-order valence-corrected chi connectivity index (χ0v) is 22.8. The number of carbonyl (C=O) groups excluding carboxylic acids is 1. The molecule has 1 aliphatic heterocycles. The number of hydroxylamine groups is 2. The third-order valence-electron chi connectivity index (χ3n) is 9.78. The lowest BCUT2D eigenvalue weighted by atomic mass is 9.45. The van der Waals surface area contributed by atoms with Crippen LogP contribution in [0.5, 0.6) is 0 Å². The van der Waals surface area contributed by atoms with Gasteiger partial charge in [0.05, 0.1) is 19.3 Å². The number of amides is 1. The average molecular weight is 523 g/mol. The molecule has 0 radical (unpaired) electrons. The van der Waals surface area contributed by atoms with Crippen molar-refractivity contribution in [1.82, 2.24) is 10.4 Å². The van der Waals surface area contributed by atoms with Gasteiger partial charge in [0, 0.05) is 12.0 Å². The number of fused-ring (bicyclic) bond motifs is 2.